The molecule has 0 spiro atoms. The maximum Gasteiger partial charge on any atom is 0.0692 e. The third-order valence-corrected chi connectivity index (χ3v) is 3.73. The molecule has 0 saturated heterocycles. The van der Waals surface area contributed by atoms with Gasteiger partial charge < -0.3 is 0 Å². The second kappa shape index (κ2) is 2.76. The quantitative estimate of drug-likeness (QED) is 0.582. The molecule has 0 bridgehead atoms. The molecule has 0 radical (unpaired) electrons. The van der Waals surface area contributed by atoms with Crippen LogP contribution in [0.5, 0.6) is 0 Å². The van der Waals surface area contributed by atoms with Gasteiger partial charge in [0.1, 0.15) is 0 Å². The van der Waals surface area contributed by atoms with Gasteiger partial charge in [-0.1, -0.05) is 19.8 Å². The summed E-state index contributed by atoms with van der Waals surface area (Å²) in [7, 11) is 0. The Morgan fingerprint density at radius 3 is 2.58 bits per heavy atom. The molecule has 0 N–H and O–H groups in total. The highest BCUT2D eigenvalue weighted by Crippen LogP contribution is 2.56. The number of hydrogen-bond donors (Lipinski definition) is 0. The van der Waals surface area contributed by atoms with E-state index >= 15 is 0 Å². The fourth-order valence-corrected chi connectivity index (χ4v) is 2.68. The van der Waals surface area contributed by atoms with Gasteiger partial charge >= 0.3 is 0 Å². The van der Waals surface area contributed by atoms with E-state index in [9.17, 15) is 0 Å². The summed E-state index contributed by atoms with van der Waals surface area (Å²) >= 11 is 0. The van der Waals surface area contributed by atoms with E-state index in [2.05, 4.69) is 13.0 Å². The Morgan fingerprint density at radius 2 is 2.08 bits per heavy atom. The van der Waals surface area contributed by atoms with E-state index in [1.54, 1.807) is 0 Å². The molecule has 1 nitrogen and oxygen atoms in total. The minimum atomic E-state index is 0.147. The summed E-state index contributed by atoms with van der Waals surface area (Å²) in [5, 5.41) is 9.05. The van der Waals surface area contributed by atoms with Crippen molar-refractivity contribution in [3.8, 4) is 6.07 Å². The van der Waals surface area contributed by atoms with Gasteiger partial charge in [-0.05, 0) is 37.5 Å². The van der Waals surface area contributed by atoms with E-state index in [1.165, 1.54) is 38.5 Å². The maximum absolute atomic E-state index is 9.05. The molecule has 0 aromatic heterocycles. The monoisotopic (exact) mass is 163 g/mol. The summed E-state index contributed by atoms with van der Waals surface area (Å²) in [6.07, 6.45) is 7.74. The molecular weight excluding hydrogens is 146 g/mol. The summed E-state index contributed by atoms with van der Waals surface area (Å²) in [6, 6.07) is 2.54. The fraction of sp³-hybridized carbons (Fsp3) is 0.909. The standard InChI is InChI=1S/C11H17N/c1-9-3-2-4-10(7-9)11(8-12)5-6-11/h9-10H,2-7H2,1H3. The molecular formula is C11H17N. The molecule has 0 amide bonds. The van der Waals surface area contributed by atoms with Gasteiger partial charge in [-0.2, -0.15) is 5.26 Å². The third-order valence-electron chi connectivity index (χ3n) is 3.73. The first-order valence-corrected chi connectivity index (χ1v) is 5.18. The van der Waals surface area contributed by atoms with Crippen LogP contribution in [0.15, 0.2) is 0 Å². The van der Waals surface area contributed by atoms with E-state index in [4.69, 9.17) is 5.26 Å². The lowest BCUT2D eigenvalue weighted by Gasteiger charge is -2.29. The zero-order valence-electron chi connectivity index (χ0n) is 7.84. The van der Waals surface area contributed by atoms with Gasteiger partial charge in [0.05, 0.1) is 11.5 Å². The van der Waals surface area contributed by atoms with Crippen molar-refractivity contribution >= 4 is 0 Å². The Bertz CT molecular complexity index is 210. The Labute approximate surface area is 74.8 Å². The van der Waals surface area contributed by atoms with E-state index in [1.807, 2.05) is 0 Å². The van der Waals surface area contributed by atoms with Gasteiger partial charge in [-0.25, -0.2) is 0 Å². The molecule has 2 aliphatic rings. The van der Waals surface area contributed by atoms with Crippen LogP contribution in [0.25, 0.3) is 0 Å². The second-order valence-corrected chi connectivity index (χ2v) is 4.74. The highest BCUT2D eigenvalue weighted by Gasteiger charge is 2.50. The number of hydrogen-bond acceptors (Lipinski definition) is 1. The normalized spacial score (nSPS) is 38.7. The number of nitrogens with zero attached hydrogens (tertiary/aromatic N) is 1. The van der Waals surface area contributed by atoms with E-state index < -0.39 is 0 Å². The van der Waals surface area contributed by atoms with Crippen molar-refractivity contribution in [2.75, 3.05) is 0 Å². The van der Waals surface area contributed by atoms with Crippen LogP contribution in [0.3, 0.4) is 0 Å². The molecule has 1 heteroatoms. The van der Waals surface area contributed by atoms with Crippen molar-refractivity contribution in [2.24, 2.45) is 17.3 Å². The van der Waals surface area contributed by atoms with Crippen LogP contribution in [-0.2, 0) is 0 Å². The topological polar surface area (TPSA) is 23.8 Å². The highest BCUT2D eigenvalue weighted by molar-refractivity contribution is 5.13. The molecule has 12 heavy (non-hydrogen) atoms. The van der Waals surface area contributed by atoms with Gasteiger partial charge in [0, 0.05) is 0 Å². The van der Waals surface area contributed by atoms with Crippen molar-refractivity contribution in [2.45, 2.75) is 45.4 Å². The van der Waals surface area contributed by atoms with E-state index in [0.717, 1.165) is 11.8 Å². The summed E-state index contributed by atoms with van der Waals surface area (Å²) in [5.41, 5.74) is 0.147. The molecule has 2 rings (SSSR count). The van der Waals surface area contributed by atoms with Crippen LogP contribution >= 0.6 is 0 Å². The van der Waals surface area contributed by atoms with Crippen LogP contribution < -0.4 is 0 Å². The van der Waals surface area contributed by atoms with E-state index in [-0.39, 0.29) is 5.41 Å². The fourth-order valence-electron chi connectivity index (χ4n) is 2.68. The zero-order chi connectivity index (χ0) is 8.60. The Balaban J connectivity index is 2.00. The van der Waals surface area contributed by atoms with Gasteiger partial charge in [-0.15, -0.1) is 0 Å². The van der Waals surface area contributed by atoms with Crippen LogP contribution in [0.1, 0.15) is 45.4 Å². The minimum absolute atomic E-state index is 0.147. The van der Waals surface area contributed by atoms with Crippen molar-refractivity contribution < 1.29 is 0 Å². The predicted molar refractivity (Wildman–Crippen MR) is 48.4 cm³/mol. The molecule has 66 valence electrons. The Morgan fingerprint density at radius 1 is 1.33 bits per heavy atom. The third kappa shape index (κ3) is 1.24. The van der Waals surface area contributed by atoms with E-state index in [0.29, 0.717) is 0 Å². The largest absolute Gasteiger partial charge is 0.198 e. The minimum Gasteiger partial charge on any atom is -0.198 e. The van der Waals surface area contributed by atoms with Crippen LogP contribution in [0.2, 0.25) is 0 Å². The van der Waals surface area contributed by atoms with Crippen LogP contribution in [0.4, 0.5) is 0 Å². The molecule has 2 atom stereocenters. The van der Waals surface area contributed by atoms with Crippen molar-refractivity contribution in [1.29, 1.82) is 5.26 Å². The summed E-state index contributed by atoms with van der Waals surface area (Å²) in [4.78, 5) is 0. The van der Waals surface area contributed by atoms with Gasteiger partial charge in [-0.3, -0.25) is 0 Å². The first-order valence-electron chi connectivity index (χ1n) is 5.18. The van der Waals surface area contributed by atoms with Gasteiger partial charge in [0.25, 0.3) is 0 Å². The number of nitriles is 1. The molecule has 2 aliphatic carbocycles. The average Bonchev–Trinajstić information content (AvgIpc) is 2.84. The SMILES string of the molecule is CC1CCCC(C2(C#N)CC2)C1. The van der Waals surface area contributed by atoms with Crippen molar-refractivity contribution in [3.05, 3.63) is 0 Å². The average molecular weight is 163 g/mol. The maximum atomic E-state index is 9.05. The van der Waals surface area contributed by atoms with Gasteiger partial charge in [0.2, 0.25) is 0 Å². The number of rotatable bonds is 1. The lowest BCUT2D eigenvalue weighted by molar-refractivity contribution is 0.223. The highest BCUT2D eigenvalue weighted by atomic mass is 14.5. The summed E-state index contributed by atoms with van der Waals surface area (Å²) in [5.74, 6) is 1.61. The Hall–Kier alpha value is -0.510. The molecule has 2 saturated carbocycles. The molecule has 2 fully saturated rings. The van der Waals surface area contributed by atoms with Crippen LogP contribution in [0, 0.1) is 28.6 Å². The lowest BCUT2D eigenvalue weighted by atomic mass is 9.74. The first-order chi connectivity index (χ1) is 5.77. The molecule has 0 heterocycles. The van der Waals surface area contributed by atoms with Crippen molar-refractivity contribution in [3.63, 3.8) is 0 Å². The molecule has 0 aromatic rings. The van der Waals surface area contributed by atoms with Gasteiger partial charge in [0.15, 0.2) is 0 Å². The molecule has 2 unspecified atom stereocenters. The first kappa shape index (κ1) is 8.10. The second-order valence-electron chi connectivity index (χ2n) is 4.74. The van der Waals surface area contributed by atoms with Crippen molar-refractivity contribution in [1.82, 2.24) is 0 Å². The Kier molecular flexibility index (Phi) is 1.87. The smallest absolute Gasteiger partial charge is 0.0692 e. The zero-order valence-corrected chi connectivity index (χ0v) is 7.84. The molecule has 0 aromatic carbocycles. The summed E-state index contributed by atoms with van der Waals surface area (Å²) in [6.45, 7) is 2.33. The predicted octanol–water partition coefficient (Wildman–Crippen LogP) is 3.12. The van der Waals surface area contributed by atoms with Crippen LogP contribution in [-0.4, -0.2) is 0 Å². The lowest BCUT2D eigenvalue weighted by Crippen LogP contribution is -2.21. The molecule has 0 aliphatic heterocycles. The summed E-state index contributed by atoms with van der Waals surface area (Å²) < 4.78 is 0.